The number of aromatic nitrogens is 1. The van der Waals surface area contributed by atoms with Crippen LogP contribution < -0.4 is 10.4 Å². The van der Waals surface area contributed by atoms with Gasteiger partial charge in [0.05, 0.1) is 17.9 Å². The van der Waals surface area contributed by atoms with E-state index in [4.69, 9.17) is 0 Å². The molecule has 1 atom stereocenters. The molecule has 0 aliphatic carbocycles. The number of halogens is 4. The summed E-state index contributed by atoms with van der Waals surface area (Å²) in [6, 6.07) is -0.158. The number of rotatable bonds is 1. The van der Waals surface area contributed by atoms with Crippen LogP contribution in [0.15, 0.2) is 16.9 Å². The van der Waals surface area contributed by atoms with Gasteiger partial charge in [0.1, 0.15) is 6.54 Å². The summed E-state index contributed by atoms with van der Waals surface area (Å²) >= 11 is 3.28. The number of nitrogens with zero attached hydrogens (tertiary/aromatic N) is 2. The van der Waals surface area contributed by atoms with Crippen molar-refractivity contribution in [3.05, 3.63) is 22.4 Å². The van der Waals surface area contributed by atoms with E-state index in [1.807, 2.05) is 0 Å². The predicted molar refractivity (Wildman–Crippen MR) is 56.9 cm³/mol. The number of hydrogen-bond donors (Lipinski definition) is 1. The average Bonchev–Trinajstić information content (AvgIpc) is 2.42. The van der Waals surface area contributed by atoms with E-state index in [2.05, 4.69) is 26.3 Å². The van der Waals surface area contributed by atoms with Crippen molar-refractivity contribution < 1.29 is 13.2 Å². The standard InChI is InChI=1S/C9H9BrF3N3/c1-5-8-6(10)2-14-3-7(8)16(15-5)4-9(11,12)13/h2-3,5,15H,4H2,1H3. The quantitative estimate of drug-likeness (QED) is 0.863. The molecule has 0 amide bonds. The van der Waals surface area contributed by atoms with Crippen molar-refractivity contribution in [2.75, 3.05) is 11.6 Å². The predicted octanol–water partition coefficient (Wildman–Crippen LogP) is 2.79. The Morgan fingerprint density at radius 1 is 1.50 bits per heavy atom. The Morgan fingerprint density at radius 2 is 2.19 bits per heavy atom. The Kier molecular flexibility index (Phi) is 2.83. The fourth-order valence-corrected chi connectivity index (χ4v) is 2.42. The highest BCUT2D eigenvalue weighted by molar-refractivity contribution is 9.10. The average molecular weight is 296 g/mol. The first-order chi connectivity index (χ1) is 7.38. The van der Waals surface area contributed by atoms with Crippen LogP contribution in [0, 0.1) is 0 Å². The number of alkyl halides is 3. The van der Waals surface area contributed by atoms with E-state index in [-0.39, 0.29) is 6.04 Å². The van der Waals surface area contributed by atoms with E-state index >= 15 is 0 Å². The molecule has 0 radical (unpaired) electrons. The highest BCUT2D eigenvalue weighted by atomic mass is 79.9. The van der Waals surface area contributed by atoms with Crippen molar-refractivity contribution in [3.8, 4) is 0 Å². The number of hydrogen-bond acceptors (Lipinski definition) is 3. The summed E-state index contributed by atoms with van der Waals surface area (Å²) in [6.45, 7) is 0.780. The van der Waals surface area contributed by atoms with Crippen molar-refractivity contribution in [1.82, 2.24) is 10.4 Å². The van der Waals surface area contributed by atoms with Crippen LogP contribution in [0.3, 0.4) is 0 Å². The van der Waals surface area contributed by atoms with Gasteiger partial charge in [0.2, 0.25) is 0 Å². The van der Waals surface area contributed by atoms with Gasteiger partial charge in [0.15, 0.2) is 0 Å². The van der Waals surface area contributed by atoms with Crippen LogP contribution in [-0.4, -0.2) is 17.7 Å². The summed E-state index contributed by atoms with van der Waals surface area (Å²) in [5.74, 6) is 0. The maximum atomic E-state index is 12.3. The maximum Gasteiger partial charge on any atom is 0.407 e. The molecule has 16 heavy (non-hydrogen) atoms. The number of fused-ring (bicyclic) bond motifs is 1. The highest BCUT2D eigenvalue weighted by Gasteiger charge is 2.36. The van der Waals surface area contributed by atoms with Crippen LogP contribution in [0.4, 0.5) is 18.9 Å². The monoisotopic (exact) mass is 295 g/mol. The van der Waals surface area contributed by atoms with Gasteiger partial charge in [-0.15, -0.1) is 0 Å². The van der Waals surface area contributed by atoms with Gasteiger partial charge in [-0.2, -0.15) is 13.2 Å². The van der Waals surface area contributed by atoms with Crippen molar-refractivity contribution >= 4 is 21.6 Å². The molecule has 0 saturated carbocycles. The molecule has 0 aromatic carbocycles. The third kappa shape index (κ3) is 2.15. The fourth-order valence-electron chi connectivity index (χ4n) is 1.76. The lowest BCUT2D eigenvalue weighted by atomic mass is 10.1. The first kappa shape index (κ1) is 11.7. The summed E-state index contributed by atoms with van der Waals surface area (Å²) in [6.07, 6.45) is -1.23. The summed E-state index contributed by atoms with van der Waals surface area (Å²) in [5, 5.41) is 1.08. The molecular weight excluding hydrogens is 287 g/mol. The molecule has 1 aromatic heterocycles. The van der Waals surface area contributed by atoms with Gasteiger partial charge in [0.25, 0.3) is 0 Å². The molecular formula is C9H9BrF3N3. The lowest BCUT2D eigenvalue weighted by Crippen LogP contribution is -2.41. The van der Waals surface area contributed by atoms with E-state index in [1.54, 1.807) is 13.1 Å². The summed E-state index contributed by atoms with van der Waals surface area (Å²) in [4.78, 5) is 3.87. The molecule has 1 aliphatic heterocycles. The molecule has 1 unspecified atom stereocenters. The lowest BCUT2D eigenvalue weighted by Gasteiger charge is -2.21. The molecule has 1 aliphatic rings. The highest BCUT2D eigenvalue weighted by Crippen LogP contribution is 2.37. The summed E-state index contributed by atoms with van der Waals surface area (Å²) < 4.78 is 37.7. The van der Waals surface area contributed by atoms with Crippen LogP contribution >= 0.6 is 15.9 Å². The Bertz CT molecular complexity index is 407. The molecule has 1 aromatic rings. The number of nitrogens with one attached hydrogen (secondary N) is 1. The van der Waals surface area contributed by atoms with Gasteiger partial charge in [-0.05, 0) is 22.9 Å². The Labute approximate surface area is 98.7 Å². The number of pyridine rings is 1. The zero-order valence-electron chi connectivity index (χ0n) is 8.35. The second-order valence-electron chi connectivity index (χ2n) is 3.61. The summed E-state index contributed by atoms with van der Waals surface area (Å²) in [7, 11) is 0. The third-order valence-corrected chi connectivity index (χ3v) is 2.96. The normalized spacial score (nSPS) is 20.1. The van der Waals surface area contributed by atoms with Crippen molar-refractivity contribution in [1.29, 1.82) is 0 Å². The van der Waals surface area contributed by atoms with Crippen LogP contribution in [0.1, 0.15) is 18.5 Å². The first-order valence-corrected chi connectivity index (χ1v) is 5.41. The first-order valence-electron chi connectivity index (χ1n) is 4.62. The smallest absolute Gasteiger partial charge is 0.297 e. The van der Waals surface area contributed by atoms with E-state index in [1.165, 1.54) is 6.20 Å². The minimum atomic E-state index is -4.24. The van der Waals surface area contributed by atoms with E-state index in [0.717, 1.165) is 15.0 Å². The maximum absolute atomic E-state index is 12.3. The molecule has 3 nitrogen and oxygen atoms in total. The minimum absolute atomic E-state index is 0.158. The van der Waals surface area contributed by atoms with Gasteiger partial charge >= 0.3 is 6.18 Å². The Balaban J connectivity index is 2.33. The molecule has 0 fully saturated rings. The van der Waals surface area contributed by atoms with Gasteiger partial charge < -0.3 is 0 Å². The largest absolute Gasteiger partial charge is 0.407 e. The third-order valence-electron chi connectivity index (χ3n) is 2.33. The van der Waals surface area contributed by atoms with Crippen LogP contribution in [0.25, 0.3) is 0 Å². The molecule has 2 rings (SSSR count). The topological polar surface area (TPSA) is 28.2 Å². The Hall–Kier alpha value is -0.820. The lowest BCUT2D eigenvalue weighted by molar-refractivity contribution is -0.120. The van der Waals surface area contributed by atoms with E-state index < -0.39 is 12.7 Å². The summed E-state index contributed by atoms with van der Waals surface area (Å²) in [5.41, 5.74) is 4.04. The minimum Gasteiger partial charge on any atom is -0.297 e. The zero-order chi connectivity index (χ0) is 11.9. The van der Waals surface area contributed by atoms with Gasteiger partial charge in [0, 0.05) is 16.2 Å². The zero-order valence-corrected chi connectivity index (χ0v) is 9.93. The molecule has 1 N–H and O–H groups in total. The molecule has 0 saturated heterocycles. The molecule has 0 spiro atoms. The molecule has 88 valence electrons. The van der Waals surface area contributed by atoms with Crippen LogP contribution in [0.2, 0.25) is 0 Å². The second kappa shape index (κ2) is 3.89. The number of hydrazine groups is 1. The number of anilines is 1. The van der Waals surface area contributed by atoms with Gasteiger partial charge in [-0.3, -0.25) is 9.99 Å². The second-order valence-corrected chi connectivity index (χ2v) is 4.46. The molecule has 0 bridgehead atoms. The van der Waals surface area contributed by atoms with Crippen molar-refractivity contribution in [2.24, 2.45) is 0 Å². The van der Waals surface area contributed by atoms with Crippen LogP contribution in [0.5, 0.6) is 0 Å². The van der Waals surface area contributed by atoms with E-state index in [9.17, 15) is 13.2 Å². The SMILES string of the molecule is CC1NN(CC(F)(F)F)c2cncc(Br)c21. The molecule has 2 heterocycles. The van der Waals surface area contributed by atoms with E-state index in [0.29, 0.717) is 5.69 Å². The molecule has 7 heteroatoms. The van der Waals surface area contributed by atoms with Gasteiger partial charge in [-0.25, -0.2) is 5.43 Å². The van der Waals surface area contributed by atoms with Crippen molar-refractivity contribution in [3.63, 3.8) is 0 Å². The fraction of sp³-hybridized carbons (Fsp3) is 0.444. The Morgan fingerprint density at radius 3 is 2.81 bits per heavy atom. The van der Waals surface area contributed by atoms with Crippen LogP contribution in [-0.2, 0) is 0 Å². The van der Waals surface area contributed by atoms with Gasteiger partial charge in [-0.1, -0.05) is 0 Å². The van der Waals surface area contributed by atoms with Crippen molar-refractivity contribution in [2.45, 2.75) is 19.1 Å².